The van der Waals surface area contributed by atoms with Crippen LogP contribution in [0.3, 0.4) is 0 Å². The molecule has 110 valence electrons. The van der Waals surface area contributed by atoms with Gasteiger partial charge in [-0.25, -0.2) is 0 Å². The van der Waals surface area contributed by atoms with E-state index in [4.69, 9.17) is 0 Å². The molecule has 2 heterocycles. The SMILES string of the molecule is CC(C)(C)NCc1cn(Cc2cccs2)c2ccccc12. The van der Waals surface area contributed by atoms with Gasteiger partial charge in [0.1, 0.15) is 0 Å². The Morgan fingerprint density at radius 3 is 2.62 bits per heavy atom. The van der Waals surface area contributed by atoms with Gasteiger partial charge >= 0.3 is 0 Å². The van der Waals surface area contributed by atoms with Crippen LogP contribution in [-0.4, -0.2) is 10.1 Å². The number of fused-ring (bicyclic) bond motifs is 1. The Morgan fingerprint density at radius 2 is 1.90 bits per heavy atom. The van der Waals surface area contributed by atoms with Crippen molar-refractivity contribution in [2.24, 2.45) is 0 Å². The van der Waals surface area contributed by atoms with Crippen LogP contribution in [-0.2, 0) is 13.1 Å². The molecule has 1 aromatic carbocycles. The fraction of sp³-hybridized carbons (Fsp3) is 0.333. The maximum Gasteiger partial charge on any atom is 0.0569 e. The molecule has 0 aliphatic rings. The van der Waals surface area contributed by atoms with Crippen molar-refractivity contribution in [2.45, 2.75) is 39.4 Å². The lowest BCUT2D eigenvalue weighted by Crippen LogP contribution is -2.34. The maximum atomic E-state index is 3.59. The third-order valence-corrected chi connectivity index (χ3v) is 4.45. The minimum Gasteiger partial charge on any atom is -0.342 e. The zero-order valence-electron chi connectivity index (χ0n) is 12.9. The van der Waals surface area contributed by atoms with Gasteiger partial charge in [-0.2, -0.15) is 0 Å². The number of nitrogens with one attached hydrogen (secondary N) is 1. The van der Waals surface area contributed by atoms with E-state index >= 15 is 0 Å². The van der Waals surface area contributed by atoms with Gasteiger partial charge in [-0.05, 0) is 43.8 Å². The lowest BCUT2D eigenvalue weighted by molar-refractivity contribution is 0.425. The second-order valence-corrected chi connectivity index (χ2v) is 7.51. The first-order valence-corrected chi connectivity index (χ1v) is 8.25. The van der Waals surface area contributed by atoms with Crippen molar-refractivity contribution >= 4 is 22.2 Å². The molecule has 0 aliphatic carbocycles. The van der Waals surface area contributed by atoms with Gasteiger partial charge in [0.05, 0.1) is 6.54 Å². The average Bonchev–Trinajstić information content (AvgIpc) is 3.05. The molecule has 1 N–H and O–H groups in total. The predicted octanol–water partition coefficient (Wildman–Crippen LogP) is 4.64. The summed E-state index contributed by atoms with van der Waals surface area (Å²) in [6, 6.07) is 13.0. The van der Waals surface area contributed by atoms with Crippen molar-refractivity contribution in [2.75, 3.05) is 0 Å². The Morgan fingerprint density at radius 1 is 1.10 bits per heavy atom. The van der Waals surface area contributed by atoms with Crippen molar-refractivity contribution in [3.63, 3.8) is 0 Å². The fourth-order valence-corrected chi connectivity index (χ4v) is 3.23. The van der Waals surface area contributed by atoms with Crippen LogP contribution in [0.5, 0.6) is 0 Å². The van der Waals surface area contributed by atoms with E-state index in [0.29, 0.717) is 0 Å². The molecule has 0 saturated heterocycles. The molecular formula is C18H22N2S. The molecular weight excluding hydrogens is 276 g/mol. The van der Waals surface area contributed by atoms with Crippen molar-refractivity contribution < 1.29 is 0 Å². The summed E-state index contributed by atoms with van der Waals surface area (Å²) >= 11 is 1.82. The van der Waals surface area contributed by atoms with Crippen LogP contribution in [0.2, 0.25) is 0 Å². The zero-order valence-corrected chi connectivity index (χ0v) is 13.7. The molecule has 3 aromatic rings. The van der Waals surface area contributed by atoms with Crippen LogP contribution in [0, 0.1) is 0 Å². The van der Waals surface area contributed by atoms with Gasteiger partial charge in [-0.15, -0.1) is 11.3 Å². The molecule has 0 amide bonds. The summed E-state index contributed by atoms with van der Waals surface area (Å²) in [5.74, 6) is 0. The van der Waals surface area contributed by atoms with Gasteiger partial charge in [0.15, 0.2) is 0 Å². The summed E-state index contributed by atoms with van der Waals surface area (Å²) in [5.41, 5.74) is 2.82. The highest BCUT2D eigenvalue weighted by molar-refractivity contribution is 7.09. The lowest BCUT2D eigenvalue weighted by Gasteiger charge is -2.20. The lowest BCUT2D eigenvalue weighted by atomic mass is 10.1. The third-order valence-electron chi connectivity index (χ3n) is 3.59. The molecule has 0 spiro atoms. The number of hydrogen-bond acceptors (Lipinski definition) is 2. The number of thiophene rings is 1. The van der Waals surface area contributed by atoms with Gasteiger partial charge in [0.2, 0.25) is 0 Å². The van der Waals surface area contributed by atoms with Crippen LogP contribution in [0.4, 0.5) is 0 Å². The minimum absolute atomic E-state index is 0.136. The molecule has 3 rings (SSSR count). The summed E-state index contributed by atoms with van der Waals surface area (Å²) in [7, 11) is 0. The van der Waals surface area contributed by atoms with Gasteiger partial charge in [-0.1, -0.05) is 24.3 Å². The molecule has 0 radical (unpaired) electrons. The normalized spacial score (nSPS) is 12.1. The smallest absolute Gasteiger partial charge is 0.0569 e. The maximum absolute atomic E-state index is 3.59. The van der Waals surface area contributed by atoms with Gasteiger partial charge in [0.25, 0.3) is 0 Å². The first-order valence-electron chi connectivity index (χ1n) is 7.37. The Bertz CT molecular complexity index is 717. The molecule has 0 saturated carbocycles. The van der Waals surface area contributed by atoms with E-state index in [-0.39, 0.29) is 5.54 Å². The summed E-state index contributed by atoms with van der Waals surface area (Å²) in [5, 5.41) is 7.09. The van der Waals surface area contributed by atoms with Crippen molar-refractivity contribution in [3.05, 3.63) is 58.4 Å². The highest BCUT2D eigenvalue weighted by atomic mass is 32.1. The second kappa shape index (κ2) is 5.66. The zero-order chi connectivity index (χ0) is 14.9. The predicted molar refractivity (Wildman–Crippen MR) is 92.0 cm³/mol. The van der Waals surface area contributed by atoms with Crippen molar-refractivity contribution in [3.8, 4) is 0 Å². The van der Waals surface area contributed by atoms with Crippen LogP contribution in [0.15, 0.2) is 48.0 Å². The Hall–Kier alpha value is -1.58. The number of aromatic nitrogens is 1. The highest BCUT2D eigenvalue weighted by Crippen LogP contribution is 2.23. The van der Waals surface area contributed by atoms with Crippen LogP contribution < -0.4 is 5.32 Å². The Balaban J connectivity index is 1.94. The molecule has 2 nitrogen and oxygen atoms in total. The van der Waals surface area contributed by atoms with E-state index in [9.17, 15) is 0 Å². The number of nitrogens with zero attached hydrogens (tertiary/aromatic N) is 1. The summed E-state index contributed by atoms with van der Waals surface area (Å²) < 4.78 is 2.36. The minimum atomic E-state index is 0.136. The molecule has 0 atom stereocenters. The molecule has 0 unspecified atom stereocenters. The molecule has 2 aromatic heterocycles. The van der Waals surface area contributed by atoms with E-state index in [0.717, 1.165) is 13.1 Å². The number of para-hydroxylation sites is 1. The van der Waals surface area contributed by atoms with E-state index in [2.05, 4.69) is 78.6 Å². The van der Waals surface area contributed by atoms with E-state index < -0.39 is 0 Å². The van der Waals surface area contributed by atoms with E-state index in [1.165, 1.54) is 21.3 Å². The summed E-state index contributed by atoms with van der Waals surface area (Å²) in [4.78, 5) is 1.39. The monoisotopic (exact) mass is 298 g/mol. The van der Waals surface area contributed by atoms with Crippen LogP contribution in [0.1, 0.15) is 31.2 Å². The first kappa shape index (κ1) is 14.4. The third kappa shape index (κ3) is 3.36. The number of rotatable bonds is 4. The van der Waals surface area contributed by atoms with Gasteiger partial charge in [0, 0.05) is 34.1 Å². The van der Waals surface area contributed by atoms with Crippen molar-refractivity contribution in [1.82, 2.24) is 9.88 Å². The number of benzene rings is 1. The topological polar surface area (TPSA) is 17.0 Å². The Labute approximate surface area is 130 Å². The van der Waals surface area contributed by atoms with E-state index in [1.54, 1.807) is 0 Å². The van der Waals surface area contributed by atoms with Crippen LogP contribution in [0.25, 0.3) is 10.9 Å². The summed E-state index contributed by atoms with van der Waals surface area (Å²) in [6.45, 7) is 8.47. The molecule has 0 aliphatic heterocycles. The van der Waals surface area contributed by atoms with Gasteiger partial charge < -0.3 is 9.88 Å². The summed E-state index contributed by atoms with van der Waals surface area (Å²) in [6.07, 6.45) is 2.29. The molecule has 3 heteroatoms. The molecule has 0 bridgehead atoms. The van der Waals surface area contributed by atoms with Crippen molar-refractivity contribution in [1.29, 1.82) is 0 Å². The van der Waals surface area contributed by atoms with E-state index in [1.807, 2.05) is 11.3 Å². The fourth-order valence-electron chi connectivity index (χ4n) is 2.53. The largest absolute Gasteiger partial charge is 0.342 e. The van der Waals surface area contributed by atoms with Crippen LogP contribution >= 0.6 is 11.3 Å². The molecule has 21 heavy (non-hydrogen) atoms. The average molecular weight is 298 g/mol. The first-order chi connectivity index (χ1) is 10.0. The second-order valence-electron chi connectivity index (χ2n) is 6.48. The standard InChI is InChI=1S/C18H22N2S/c1-18(2,3)19-11-14-12-20(13-15-7-6-10-21-15)17-9-5-4-8-16(14)17/h4-10,12,19H,11,13H2,1-3H3. The highest BCUT2D eigenvalue weighted by Gasteiger charge is 2.12. The Kier molecular flexibility index (Phi) is 3.87. The number of hydrogen-bond donors (Lipinski definition) is 1. The quantitative estimate of drug-likeness (QED) is 0.742. The molecule has 0 fully saturated rings. The van der Waals surface area contributed by atoms with Gasteiger partial charge in [-0.3, -0.25) is 0 Å².